The smallest absolute Gasteiger partial charge is 0.142 e. The first-order valence-corrected chi connectivity index (χ1v) is 5.06. The molecule has 1 aromatic rings. The van der Waals surface area contributed by atoms with Crippen LogP contribution in [0.1, 0.15) is 12.0 Å². The Balaban J connectivity index is 2.78. The van der Waals surface area contributed by atoms with E-state index in [2.05, 4.69) is 12.0 Å². The van der Waals surface area contributed by atoms with E-state index >= 15 is 0 Å². The van der Waals surface area contributed by atoms with E-state index in [9.17, 15) is 4.39 Å². The molecule has 2 nitrogen and oxygen atoms in total. The summed E-state index contributed by atoms with van der Waals surface area (Å²) in [5.41, 5.74) is 3.40. The van der Waals surface area contributed by atoms with Crippen molar-refractivity contribution in [3.8, 4) is 0 Å². The van der Waals surface area contributed by atoms with Crippen molar-refractivity contribution < 1.29 is 4.39 Å². The van der Waals surface area contributed by atoms with Gasteiger partial charge in [0.25, 0.3) is 0 Å². The number of benzene rings is 1. The lowest BCUT2D eigenvalue weighted by Gasteiger charge is -2.14. The monoisotopic (exact) mass is 228 g/mol. The lowest BCUT2D eigenvalue weighted by atomic mass is 10.0. The molecule has 0 spiro atoms. The predicted molar refractivity (Wildman–Crippen MR) is 61.0 cm³/mol. The van der Waals surface area contributed by atoms with Crippen LogP contribution in [0, 0.1) is 5.82 Å². The third-order valence-corrected chi connectivity index (χ3v) is 2.61. The summed E-state index contributed by atoms with van der Waals surface area (Å²) in [6.07, 6.45) is 3.06. The van der Waals surface area contributed by atoms with Crippen LogP contribution >= 0.6 is 11.6 Å². The van der Waals surface area contributed by atoms with Gasteiger partial charge < -0.3 is 0 Å². The number of nitrogens with one attached hydrogen (secondary N) is 1. The zero-order valence-corrected chi connectivity index (χ0v) is 9.10. The third kappa shape index (κ3) is 3.30. The Hall–Kier alpha value is -0.900. The molecule has 1 unspecified atom stereocenters. The Morgan fingerprint density at radius 1 is 1.60 bits per heavy atom. The molecule has 82 valence electrons. The van der Waals surface area contributed by atoms with E-state index in [1.54, 1.807) is 18.2 Å². The van der Waals surface area contributed by atoms with Gasteiger partial charge in [-0.2, -0.15) is 0 Å². The molecular weight excluding hydrogens is 215 g/mol. The van der Waals surface area contributed by atoms with E-state index < -0.39 is 5.82 Å². The first kappa shape index (κ1) is 12.2. The minimum atomic E-state index is -0.399. The van der Waals surface area contributed by atoms with Gasteiger partial charge in [0, 0.05) is 6.04 Å². The fourth-order valence-electron chi connectivity index (χ4n) is 1.38. The molecule has 0 aliphatic heterocycles. The van der Waals surface area contributed by atoms with E-state index in [4.69, 9.17) is 17.4 Å². The fourth-order valence-corrected chi connectivity index (χ4v) is 1.59. The molecule has 0 saturated heterocycles. The second kappa shape index (κ2) is 5.85. The van der Waals surface area contributed by atoms with E-state index in [1.165, 1.54) is 6.07 Å². The minimum absolute atomic E-state index is 0.0294. The van der Waals surface area contributed by atoms with Gasteiger partial charge in [-0.3, -0.25) is 11.3 Å². The Kier molecular flexibility index (Phi) is 4.75. The molecule has 0 radical (unpaired) electrons. The standard InChI is InChI=1S/C11H14ClFN2/c1-2-4-9(15-14)7-8-5-3-6-10(13)11(8)12/h2-3,5-6,9,15H,1,4,7,14H2. The van der Waals surface area contributed by atoms with Gasteiger partial charge in [-0.25, -0.2) is 4.39 Å². The van der Waals surface area contributed by atoms with Crippen LogP contribution in [0.3, 0.4) is 0 Å². The second-order valence-electron chi connectivity index (χ2n) is 3.31. The number of rotatable bonds is 5. The first-order chi connectivity index (χ1) is 7.19. The highest BCUT2D eigenvalue weighted by Crippen LogP contribution is 2.21. The molecule has 1 aromatic carbocycles. The van der Waals surface area contributed by atoms with Crippen LogP contribution in [0.25, 0.3) is 0 Å². The van der Waals surface area contributed by atoms with Gasteiger partial charge in [0.15, 0.2) is 0 Å². The molecule has 0 aliphatic rings. The quantitative estimate of drug-likeness (QED) is 0.462. The summed E-state index contributed by atoms with van der Waals surface area (Å²) < 4.78 is 13.1. The number of hydrazine groups is 1. The average Bonchev–Trinajstić information content (AvgIpc) is 2.24. The normalized spacial score (nSPS) is 12.5. The fraction of sp³-hybridized carbons (Fsp3) is 0.273. The van der Waals surface area contributed by atoms with Crippen molar-refractivity contribution in [2.75, 3.05) is 0 Å². The zero-order chi connectivity index (χ0) is 11.3. The molecule has 3 N–H and O–H groups in total. The summed E-state index contributed by atoms with van der Waals surface area (Å²) >= 11 is 5.83. The van der Waals surface area contributed by atoms with Crippen molar-refractivity contribution in [1.82, 2.24) is 5.43 Å². The lowest BCUT2D eigenvalue weighted by molar-refractivity contribution is 0.529. The van der Waals surface area contributed by atoms with Crippen LogP contribution in [0.2, 0.25) is 5.02 Å². The maximum absolute atomic E-state index is 13.1. The van der Waals surface area contributed by atoms with E-state index in [0.717, 1.165) is 5.56 Å². The Bertz CT molecular complexity index is 341. The van der Waals surface area contributed by atoms with Crippen LogP contribution in [-0.2, 0) is 6.42 Å². The summed E-state index contributed by atoms with van der Waals surface area (Å²) in [7, 11) is 0. The highest BCUT2D eigenvalue weighted by atomic mass is 35.5. The van der Waals surface area contributed by atoms with E-state index in [0.29, 0.717) is 12.8 Å². The zero-order valence-electron chi connectivity index (χ0n) is 8.34. The van der Waals surface area contributed by atoms with Gasteiger partial charge in [-0.1, -0.05) is 29.8 Å². The van der Waals surface area contributed by atoms with Crippen molar-refractivity contribution in [3.63, 3.8) is 0 Å². The molecule has 15 heavy (non-hydrogen) atoms. The van der Waals surface area contributed by atoms with Crippen LogP contribution in [-0.4, -0.2) is 6.04 Å². The molecule has 4 heteroatoms. The Morgan fingerprint density at radius 3 is 2.93 bits per heavy atom. The van der Waals surface area contributed by atoms with Crippen molar-refractivity contribution in [3.05, 3.63) is 47.3 Å². The molecule has 0 heterocycles. The van der Waals surface area contributed by atoms with Crippen LogP contribution in [0.4, 0.5) is 4.39 Å². The van der Waals surface area contributed by atoms with Crippen molar-refractivity contribution in [1.29, 1.82) is 0 Å². The van der Waals surface area contributed by atoms with Crippen molar-refractivity contribution >= 4 is 11.6 Å². The molecule has 0 aliphatic carbocycles. The predicted octanol–water partition coefficient (Wildman–Crippen LogP) is 2.43. The van der Waals surface area contributed by atoms with Crippen LogP contribution < -0.4 is 11.3 Å². The number of halogens is 2. The van der Waals surface area contributed by atoms with Crippen molar-refractivity contribution in [2.24, 2.45) is 5.84 Å². The largest absolute Gasteiger partial charge is 0.271 e. The highest BCUT2D eigenvalue weighted by Gasteiger charge is 2.10. The van der Waals surface area contributed by atoms with Gasteiger partial charge in [0.1, 0.15) is 5.82 Å². The third-order valence-electron chi connectivity index (χ3n) is 2.18. The number of nitrogens with two attached hydrogens (primary N) is 1. The van der Waals surface area contributed by atoms with Gasteiger partial charge in [-0.05, 0) is 24.5 Å². The van der Waals surface area contributed by atoms with Gasteiger partial charge in [0.2, 0.25) is 0 Å². The molecule has 0 bridgehead atoms. The van der Waals surface area contributed by atoms with Crippen LogP contribution in [0.5, 0.6) is 0 Å². The highest BCUT2D eigenvalue weighted by molar-refractivity contribution is 6.31. The second-order valence-corrected chi connectivity index (χ2v) is 3.68. The molecule has 0 saturated carbocycles. The SMILES string of the molecule is C=CCC(Cc1cccc(F)c1Cl)NN. The Morgan fingerprint density at radius 2 is 2.33 bits per heavy atom. The van der Waals surface area contributed by atoms with Crippen molar-refractivity contribution in [2.45, 2.75) is 18.9 Å². The molecular formula is C11H14ClFN2. The maximum Gasteiger partial charge on any atom is 0.142 e. The number of hydrogen-bond acceptors (Lipinski definition) is 2. The van der Waals surface area contributed by atoms with Gasteiger partial charge >= 0.3 is 0 Å². The molecule has 1 atom stereocenters. The van der Waals surface area contributed by atoms with E-state index in [-0.39, 0.29) is 11.1 Å². The lowest BCUT2D eigenvalue weighted by Crippen LogP contribution is -2.36. The van der Waals surface area contributed by atoms with E-state index in [1.807, 2.05) is 0 Å². The minimum Gasteiger partial charge on any atom is -0.271 e. The molecule has 1 rings (SSSR count). The first-order valence-electron chi connectivity index (χ1n) is 4.69. The van der Waals surface area contributed by atoms with Gasteiger partial charge in [0.05, 0.1) is 5.02 Å². The molecule has 0 aromatic heterocycles. The maximum atomic E-state index is 13.1. The summed E-state index contributed by atoms with van der Waals surface area (Å²) in [6, 6.07) is 4.79. The summed E-state index contributed by atoms with van der Waals surface area (Å²) in [5.74, 6) is 4.96. The molecule has 0 amide bonds. The van der Waals surface area contributed by atoms with Gasteiger partial charge in [-0.15, -0.1) is 6.58 Å². The topological polar surface area (TPSA) is 38.0 Å². The average molecular weight is 229 g/mol. The van der Waals surface area contributed by atoms with Crippen LogP contribution in [0.15, 0.2) is 30.9 Å². The summed E-state index contributed by atoms with van der Waals surface area (Å²) in [4.78, 5) is 0. The number of hydrogen-bond donors (Lipinski definition) is 2. The molecule has 0 fully saturated rings. The summed E-state index contributed by atoms with van der Waals surface area (Å²) in [5, 5.41) is 0.168. The Labute approximate surface area is 93.9 Å². The summed E-state index contributed by atoms with van der Waals surface area (Å²) in [6.45, 7) is 3.63.